The number of carboxylic acid groups (broad SMARTS) is 3. The second-order valence-corrected chi connectivity index (χ2v) is 3.77. The minimum Gasteiger partial charge on any atom is -0.480 e. The number of carboxylic acids is 3. The van der Waals surface area contributed by atoms with Gasteiger partial charge in [0.1, 0.15) is 6.04 Å². The van der Waals surface area contributed by atoms with Crippen molar-refractivity contribution in [3.8, 4) is 0 Å². The first-order valence-corrected chi connectivity index (χ1v) is 5.40. The molecule has 0 aromatic heterocycles. The molecule has 0 saturated heterocycles. The molecule has 114 valence electrons. The maximum Gasteiger partial charge on any atom is 0.320 e. The molecule has 0 aromatic carbocycles. The molecule has 0 spiro atoms. The Morgan fingerprint density at radius 1 is 0.947 bits per heavy atom. The van der Waals surface area contributed by atoms with Gasteiger partial charge in [-0.3, -0.25) is 14.4 Å². The van der Waals surface area contributed by atoms with Crippen LogP contribution in [0.1, 0.15) is 20.3 Å². The standard InChI is InChI=1S/C6H13NO2.2C2H5NO2/c1-4(2)3-5(7)6(8)9;2*3-1-2(4)5/h4-5H,3,7H2,1-2H3,(H,8,9);2*1,3H2,(H,4,5)/t5-;;/m1../s1. The lowest BCUT2D eigenvalue weighted by Gasteiger charge is -2.07. The SMILES string of the molecule is CC(C)C[C@@H](N)C(=O)O.NCC(=O)O.NCC(=O)O. The van der Waals surface area contributed by atoms with Gasteiger partial charge >= 0.3 is 17.9 Å². The number of carbonyl (C=O) groups is 3. The summed E-state index contributed by atoms with van der Waals surface area (Å²) in [6.45, 7) is 3.34. The van der Waals surface area contributed by atoms with E-state index in [-0.39, 0.29) is 13.1 Å². The molecule has 0 fully saturated rings. The van der Waals surface area contributed by atoms with E-state index >= 15 is 0 Å². The quantitative estimate of drug-likeness (QED) is 0.348. The lowest BCUT2D eigenvalue weighted by atomic mass is 10.1. The highest BCUT2D eigenvalue weighted by Crippen LogP contribution is 2.01. The Hall–Kier alpha value is -1.71. The molecule has 0 aromatic rings. The van der Waals surface area contributed by atoms with Gasteiger partial charge < -0.3 is 32.5 Å². The normalized spacial score (nSPS) is 10.4. The van der Waals surface area contributed by atoms with E-state index in [1.54, 1.807) is 0 Å². The second kappa shape index (κ2) is 14.4. The molecule has 9 N–H and O–H groups in total. The smallest absolute Gasteiger partial charge is 0.320 e. The molecule has 0 heterocycles. The van der Waals surface area contributed by atoms with E-state index in [9.17, 15) is 14.4 Å². The van der Waals surface area contributed by atoms with Gasteiger partial charge in [0.15, 0.2) is 0 Å². The molecule has 0 radical (unpaired) electrons. The minimum absolute atomic E-state index is 0.278. The fraction of sp³-hybridized carbons (Fsp3) is 0.700. The molecule has 0 aliphatic carbocycles. The van der Waals surface area contributed by atoms with Crippen LogP contribution in [0.25, 0.3) is 0 Å². The van der Waals surface area contributed by atoms with Crippen LogP contribution in [0.4, 0.5) is 0 Å². The third-order valence-electron chi connectivity index (χ3n) is 1.39. The maximum atomic E-state index is 10.1. The summed E-state index contributed by atoms with van der Waals surface area (Å²) in [4.78, 5) is 28.6. The largest absolute Gasteiger partial charge is 0.480 e. The Bertz CT molecular complexity index is 256. The van der Waals surface area contributed by atoms with Crippen molar-refractivity contribution in [1.82, 2.24) is 0 Å². The van der Waals surface area contributed by atoms with Crippen LogP contribution in [0.2, 0.25) is 0 Å². The van der Waals surface area contributed by atoms with Crippen LogP contribution in [0, 0.1) is 5.92 Å². The molecular formula is C10H23N3O6. The van der Waals surface area contributed by atoms with Crippen LogP contribution in [-0.4, -0.2) is 52.4 Å². The Labute approximate surface area is 111 Å². The molecule has 0 unspecified atom stereocenters. The van der Waals surface area contributed by atoms with Crippen LogP contribution < -0.4 is 17.2 Å². The predicted octanol–water partition coefficient (Wildman–Crippen LogP) is -1.50. The van der Waals surface area contributed by atoms with E-state index in [1.807, 2.05) is 13.8 Å². The average Bonchev–Trinajstić information content (AvgIpc) is 2.29. The zero-order valence-corrected chi connectivity index (χ0v) is 11.1. The van der Waals surface area contributed by atoms with Gasteiger partial charge in [0.2, 0.25) is 0 Å². The zero-order valence-electron chi connectivity index (χ0n) is 11.1. The molecule has 0 saturated carbocycles. The Balaban J connectivity index is -0.000000219. The summed E-state index contributed by atoms with van der Waals surface area (Å²) < 4.78 is 0. The van der Waals surface area contributed by atoms with Gasteiger partial charge in [-0.2, -0.15) is 0 Å². The van der Waals surface area contributed by atoms with Crippen molar-refractivity contribution in [3.63, 3.8) is 0 Å². The number of aliphatic carboxylic acids is 3. The van der Waals surface area contributed by atoms with Gasteiger partial charge in [0.05, 0.1) is 13.1 Å². The van der Waals surface area contributed by atoms with Crippen molar-refractivity contribution in [2.75, 3.05) is 13.1 Å². The molecule has 0 bridgehead atoms. The van der Waals surface area contributed by atoms with Gasteiger partial charge in [-0.1, -0.05) is 13.8 Å². The van der Waals surface area contributed by atoms with E-state index in [1.165, 1.54) is 0 Å². The Morgan fingerprint density at radius 2 is 1.21 bits per heavy atom. The first-order chi connectivity index (χ1) is 8.58. The summed E-state index contributed by atoms with van der Waals surface area (Å²) in [5.74, 6) is -2.49. The van der Waals surface area contributed by atoms with Crippen molar-refractivity contribution in [2.45, 2.75) is 26.3 Å². The molecule has 9 nitrogen and oxygen atoms in total. The van der Waals surface area contributed by atoms with Crippen LogP contribution in [0.15, 0.2) is 0 Å². The fourth-order valence-electron chi connectivity index (χ4n) is 0.609. The predicted molar refractivity (Wildman–Crippen MR) is 68.4 cm³/mol. The van der Waals surface area contributed by atoms with Crippen LogP contribution in [-0.2, 0) is 14.4 Å². The lowest BCUT2D eigenvalue weighted by molar-refractivity contribution is -0.139. The zero-order chi connectivity index (χ0) is 16.0. The first-order valence-electron chi connectivity index (χ1n) is 5.40. The lowest BCUT2D eigenvalue weighted by Crippen LogP contribution is -2.31. The van der Waals surface area contributed by atoms with Crippen molar-refractivity contribution >= 4 is 17.9 Å². The fourth-order valence-corrected chi connectivity index (χ4v) is 0.609. The summed E-state index contributed by atoms with van der Waals surface area (Å²) in [6, 6.07) is -0.690. The van der Waals surface area contributed by atoms with Crippen molar-refractivity contribution in [3.05, 3.63) is 0 Å². The molecule has 0 amide bonds. The third-order valence-corrected chi connectivity index (χ3v) is 1.39. The van der Waals surface area contributed by atoms with Crippen molar-refractivity contribution in [1.29, 1.82) is 0 Å². The number of hydrogen-bond acceptors (Lipinski definition) is 6. The second-order valence-electron chi connectivity index (χ2n) is 3.77. The highest BCUT2D eigenvalue weighted by Gasteiger charge is 2.11. The molecule has 0 aliphatic rings. The summed E-state index contributed by atoms with van der Waals surface area (Å²) in [7, 11) is 0. The van der Waals surface area contributed by atoms with Crippen LogP contribution in [0.5, 0.6) is 0 Å². The summed E-state index contributed by atoms with van der Waals surface area (Å²) in [5.41, 5.74) is 14.4. The van der Waals surface area contributed by atoms with Crippen LogP contribution in [0.3, 0.4) is 0 Å². The van der Waals surface area contributed by atoms with E-state index in [0.29, 0.717) is 12.3 Å². The molecule has 9 heteroatoms. The molecule has 0 aliphatic heterocycles. The van der Waals surface area contributed by atoms with Crippen molar-refractivity contribution < 1.29 is 29.7 Å². The van der Waals surface area contributed by atoms with E-state index in [0.717, 1.165) is 0 Å². The molecule has 0 rings (SSSR count). The molecular weight excluding hydrogens is 258 g/mol. The van der Waals surface area contributed by atoms with E-state index < -0.39 is 23.9 Å². The summed E-state index contributed by atoms with van der Waals surface area (Å²) in [5, 5.41) is 23.5. The topological polar surface area (TPSA) is 190 Å². The maximum absolute atomic E-state index is 10.1. The molecule has 1 atom stereocenters. The Morgan fingerprint density at radius 3 is 1.26 bits per heavy atom. The van der Waals surface area contributed by atoms with Gasteiger partial charge in [0.25, 0.3) is 0 Å². The average molecular weight is 281 g/mol. The molecule has 19 heavy (non-hydrogen) atoms. The Kier molecular flexibility index (Phi) is 17.0. The minimum atomic E-state index is -0.968. The number of nitrogens with two attached hydrogens (primary N) is 3. The first kappa shape index (κ1) is 22.5. The number of hydrogen-bond donors (Lipinski definition) is 6. The van der Waals surface area contributed by atoms with E-state index in [4.69, 9.17) is 21.1 Å². The summed E-state index contributed by atoms with van der Waals surface area (Å²) in [6.07, 6.45) is 0.551. The highest BCUT2D eigenvalue weighted by molar-refractivity contribution is 5.73. The number of rotatable bonds is 5. The van der Waals surface area contributed by atoms with Gasteiger partial charge in [-0.25, -0.2) is 0 Å². The van der Waals surface area contributed by atoms with Gasteiger partial charge in [-0.15, -0.1) is 0 Å². The third kappa shape index (κ3) is 31.4. The summed E-state index contributed by atoms with van der Waals surface area (Å²) >= 11 is 0. The van der Waals surface area contributed by atoms with E-state index in [2.05, 4.69) is 11.5 Å². The monoisotopic (exact) mass is 281 g/mol. The van der Waals surface area contributed by atoms with Gasteiger partial charge in [0, 0.05) is 0 Å². The van der Waals surface area contributed by atoms with Crippen LogP contribution >= 0.6 is 0 Å². The van der Waals surface area contributed by atoms with Gasteiger partial charge in [-0.05, 0) is 12.3 Å². The highest BCUT2D eigenvalue weighted by atomic mass is 16.4. The van der Waals surface area contributed by atoms with Crippen molar-refractivity contribution in [2.24, 2.45) is 23.1 Å².